The lowest BCUT2D eigenvalue weighted by molar-refractivity contribution is 0.114. The van der Waals surface area contributed by atoms with Gasteiger partial charge in [-0.25, -0.2) is 0 Å². The second-order valence-corrected chi connectivity index (χ2v) is 6.66. The van der Waals surface area contributed by atoms with Crippen molar-refractivity contribution < 1.29 is 4.74 Å². The summed E-state index contributed by atoms with van der Waals surface area (Å²) in [4.78, 5) is 7.26. The molecule has 2 unspecified atom stereocenters. The number of rotatable bonds is 6. The van der Waals surface area contributed by atoms with Gasteiger partial charge >= 0.3 is 0 Å². The molecule has 0 aliphatic carbocycles. The lowest BCUT2D eigenvalue weighted by atomic mass is 10.2. The van der Waals surface area contributed by atoms with Crippen LogP contribution >= 0.6 is 0 Å². The Labute approximate surface area is 145 Å². The largest absolute Gasteiger partial charge is 0.376 e. The predicted molar refractivity (Wildman–Crippen MR) is 99.9 cm³/mol. The van der Waals surface area contributed by atoms with Crippen molar-refractivity contribution in [2.45, 2.75) is 45.3 Å². The zero-order valence-corrected chi connectivity index (χ0v) is 14.9. The zero-order valence-electron chi connectivity index (χ0n) is 14.9. The number of nitrogens with zero attached hydrogens (tertiary/aromatic N) is 2. The monoisotopic (exact) mass is 330 g/mol. The fraction of sp³-hybridized carbons (Fsp3) is 0.632. The molecule has 1 aromatic carbocycles. The van der Waals surface area contributed by atoms with E-state index in [2.05, 4.69) is 53.6 Å². The third-order valence-electron chi connectivity index (χ3n) is 4.83. The van der Waals surface area contributed by atoms with E-state index >= 15 is 0 Å². The van der Waals surface area contributed by atoms with Crippen LogP contribution in [0.2, 0.25) is 0 Å². The summed E-state index contributed by atoms with van der Waals surface area (Å²) in [5.41, 5.74) is 2.83. The first-order valence-electron chi connectivity index (χ1n) is 9.26. The Morgan fingerprint density at radius 1 is 1.38 bits per heavy atom. The van der Waals surface area contributed by atoms with Crippen molar-refractivity contribution in [3.05, 3.63) is 29.8 Å². The molecule has 1 fully saturated rings. The summed E-state index contributed by atoms with van der Waals surface area (Å²) >= 11 is 0. The van der Waals surface area contributed by atoms with Gasteiger partial charge in [-0.3, -0.25) is 4.99 Å². The van der Waals surface area contributed by atoms with E-state index in [1.54, 1.807) is 0 Å². The molecular weight excluding hydrogens is 300 g/mol. The van der Waals surface area contributed by atoms with Crippen LogP contribution in [0.3, 0.4) is 0 Å². The molecule has 2 aliphatic heterocycles. The van der Waals surface area contributed by atoms with Crippen molar-refractivity contribution in [2.24, 2.45) is 4.99 Å². The van der Waals surface area contributed by atoms with E-state index in [1.807, 2.05) is 0 Å². The SMILES string of the molecule is CCNC(=NCC(C)N1CCc2ccccc21)NCC1CCCO1. The van der Waals surface area contributed by atoms with Gasteiger partial charge in [-0.15, -0.1) is 0 Å². The smallest absolute Gasteiger partial charge is 0.191 e. The molecule has 5 nitrogen and oxygen atoms in total. The van der Waals surface area contributed by atoms with Gasteiger partial charge in [-0.2, -0.15) is 0 Å². The third-order valence-corrected chi connectivity index (χ3v) is 4.83. The van der Waals surface area contributed by atoms with Crippen LogP contribution in [-0.4, -0.2) is 50.9 Å². The Hall–Kier alpha value is -1.75. The van der Waals surface area contributed by atoms with Crippen LogP contribution in [0, 0.1) is 0 Å². The van der Waals surface area contributed by atoms with E-state index in [-0.39, 0.29) is 0 Å². The van der Waals surface area contributed by atoms with Crippen LogP contribution in [0.5, 0.6) is 0 Å². The highest BCUT2D eigenvalue weighted by Gasteiger charge is 2.22. The van der Waals surface area contributed by atoms with Crippen LogP contribution in [0.1, 0.15) is 32.3 Å². The van der Waals surface area contributed by atoms with Crippen LogP contribution in [0.15, 0.2) is 29.3 Å². The molecule has 24 heavy (non-hydrogen) atoms. The Kier molecular flexibility index (Phi) is 5.96. The number of fused-ring (bicyclic) bond motifs is 1. The second kappa shape index (κ2) is 8.38. The van der Waals surface area contributed by atoms with Gasteiger partial charge in [-0.05, 0) is 44.7 Å². The molecule has 0 amide bonds. The van der Waals surface area contributed by atoms with E-state index in [4.69, 9.17) is 9.73 Å². The molecule has 2 heterocycles. The lowest BCUT2D eigenvalue weighted by Crippen LogP contribution is -2.42. The van der Waals surface area contributed by atoms with E-state index < -0.39 is 0 Å². The minimum absolute atomic E-state index is 0.330. The van der Waals surface area contributed by atoms with Gasteiger partial charge in [0, 0.05) is 38.0 Å². The molecule has 0 saturated carbocycles. The molecule has 132 valence electrons. The average molecular weight is 330 g/mol. The van der Waals surface area contributed by atoms with Gasteiger partial charge in [-0.1, -0.05) is 18.2 Å². The number of aliphatic imine (C=N–C) groups is 1. The molecule has 0 radical (unpaired) electrons. The van der Waals surface area contributed by atoms with E-state index in [9.17, 15) is 0 Å². The Balaban J connectivity index is 1.55. The number of guanidine groups is 1. The van der Waals surface area contributed by atoms with Gasteiger partial charge in [0.05, 0.1) is 12.6 Å². The fourth-order valence-corrected chi connectivity index (χ4v) is 3.50. The average Bonchev–Trinajstić information content (AvgIpc) is 3.26. The fourth-order valence-electron chi connectivity index (χ4n) is 3.50. The van der Waals surface area contributed by atoms with Crippen molar-refractivity contribution in [3.8, 4) is 0 Å². The molecule has 1 aromatic rings. The van der Waals surface area contributed by atoms with Crippen LogP contribution in [0.4, 0.5) is 5.69 Å². The maximum atomic E-state index is 5.67. The quantitative estimate of drug-likeness (QED) is 0.620. The molecule has 2 N–H and O–H groups in total. The van der Waals surface area contributed by atoms with Gasteiger partial charge in [0.25, 0.3) is 0 Å². The number of ether oxygens (including phenoxy) is 1. The topological polar surface area (TPSA) is 48.9 Å². The van der Waals surface area contributed by atoms with Gasteiger partial charge in [0.1, 0.15) is 0 Å². The summed E-state index contributed by atoms with van der Waals surface area (Å²) < 4.78 is 5.67. The highest BCUT2D eigenvalue weighted by atomic mass is 16.5. The summed E-state index contributed by atoms with van der Waals surface area (Å²) in [6.07, 6.45) is 3.79. The van der Waals surface area contributed by atoms with Crippen molar-refractivity contribution in [1.29, 1.82) is 0 Å². The lowest BCUT2D eigenvalue weighted by Gasteiger charge is -2.26. The zero-order chi connectivity index (χ0) is 16.8. The van der Waals surface area contributed by atoms with Gasteiger partial charge in [0.15, 0.2) is 5.96 Å². The number of para-hydroxylation sites is 1. The minimum Gasteiger partial charge on any atom is -0.376 e. The van der Waals surface area contributed by atoms with Crippen molar-refractivity contribution >= 4 is 11.6 Å². The van der Waals surface area contributed by atoms with E-state index in [0.717, 1.165) is 51.6 Å². The first kappa shape index (κ1) is 17.1. The molecule has 0 aromatic heterocycles. The summed E-state index contributed by atoms with van der Waals surface area (Å²) in [5, 5.41) is 6.76. The number of benzene rings is 1. The number of hydrogen-bond donors (Lipinski definition) is 2. The Bertz CT molecular complexity index is 554. The van der Waals surface area contributed by atoms with Crippen LogP contribution < -0.4 is 15.5 Å². The predicted octanol–water partition coefficient (Wildman–Crippen LogP) is 2.17. The van der Waals surface area contributed by atoms with Crippen molar-refractivity contribution in [1.82, 2.24) is 10.6 Å². The third kappa shape index (κ3) is 4.20. The maximum absolute atomic E-state index is 5.67. The van der Waals surface area contributed by atoms with E-state index in [0.29, 0.717) is 12.1 Å². The summed E-state index contributed by atoms with van der Waals surface area (Å²) in [7, 11) is 0. The summed E-state index contributed by atoms with van der Waals surface area (Å²) in [5.74, 6) is 0.896. The highest BCUT2D eigenvalue weighted by molar-refractivity contribution is 5.79. The van der Waals surface area contributed by atoms with Gasteiger partial charge in [0.2, 0.25) is 0 Å². The second-order valence-electron chi connectivity index (χ2n) is 6.66. The number of hydrogen-bond acceptors (Lipinski definition) is 3. The molecule has 3 rings (SSSR count). The molecule has 2 atom stereocenters. The first-order valence-corrected chi connectivity index (χ1v) is 9.26. The molecule has 1 saturated heterocycles. The first-order chi connectivity index (χ1) is 11.8. The van der Waals surface area contributed by atoms with Crippen molar-refractivity contribution in [3.63, 3.8) is 0 Å². The van der Waals surface area contributed by atoms with Crippen molar-refractivity contribution in [2.75, 3.05) is 37.7 Å². The summed E-state index contributed by atoms with van der Waals surface area (Å²) in [6, 6.07) is 9.11. The minimum atomic E-state index is 0.330. The molecule has 5 heteroatoms. The molecule has 2 aliphatic rings. The maximum Gasteiger partial charge on any atom is 0.191 e. The van der Waals surface area contributed by atoms with Crippen LogP contribution in [-0.2, 0) is 11.2 Å². The van der Waals surface area contributed by atoms with Crippen LogP contribution in [0.25, 0.3) is 0 Å². The number of anilines is 1. The Morgan fingerprint density at radius 3 is 3.04 bits per heavy atom. The normalized spacial score (nSPS) is 21.7. The number of nitrogens with one attached hydrogen (secondary N) is 2. The highest BCUT2D eigenvalue weighted by Crippen LogP contribution is 2.29. The van der Waals surface area contributed by atoms with Gasteiger partial charge < -0.3 is 20.3 Å². The molecule has 0 spiro atoms. The standard InChI is InChI=1S/C19H30N4O/c1-3-20-19(22-14-17-8-6-12-24-17)21-13-15(2)23-11-10-16-7-4-5-9-18(16)23/h4-5,7,9,15,17H,3,6,8,10-14H2,1-2H3,(H2,20,21,22). The molecule has 0 bridgehead atoms. The summed E-state index contributed by atoms with van der Waals surface area (Å²) in [6.45, 7) is 8.85. The Morgan fingerprint density at radius 2 is 2.25 bits per heavy atom. The molecular formula is C19H30N4O. The van der Waals surface area contributed by atoms with E-state index in [1.165, 1.54) is 17.7 Å².